The van der Waals surface area contributed by atoms with E-state index in [-0.39, 0.29) is 11.9 Å². The van der Waals surface area contributed by atoms with Crippen LogP contribution in [-0.2, 0) is 15.7 Å². The molecule has 0 aliphatic carbocycles. The molecule has 0 aromatic carbocycles. The van der Waals surface area contributed by atoms with E-state index in [2.05, 4.69) is 27.7 Å². The Bertz CT molecular complexity index is 461. The van der Waals surface area contributed by atoms with Crippen LogP contribution >= 0.6 is 23.5 Å². The molecule has 0 atom stereocenters. The third kappa shape index (κ3) is 22.2. The number of carbonyl (C=O) groups is 2. The van der Waals surface area contributed by atoms with Gasteiger partial charge in [-0.1, -0.05) is 0 Å². The number of hydrogen-bond donors (Lipinski definition) is 0. The molecule has 0 unspecified atom stereocenters. The van der Waals surface area contributed by atoms with Crippen LogP contribution in [0.3, 0.4) is 0 Å². The van der Waals surface area contributed by atoms with Crippen LogP contribution in [0.2, 0.25) is 8.87 Å². The molecule has 0 aromatic heterocycles. The maximum absolute atomic E-state index is 12.9. The summed E-state index contributed by atoms with van der Waals surface area (Å²) >= 11 is -0.547. The molecule has 0 aromatic rings. The SMILES string of the molecule is CCCCCCC[CH2][Sn]([CH2]CCCCCCC)([O]C(=O)CSCCCC)[O]C(=O)CSCCCC. The van der Waals surface area contributed by atoms with Gasteiger partial charge in [0.15, 0.2) is 0 Å². The topological polar surface area (TPSA) is 52.6 Å². The van der Waals surface area contributed by atoms with Crippen molar-refractivity contribution in [2.75, 3.05) is 23.0 Å². The van der Waals surface area contributed by atoms with E-state index in [1.165, 1.54) is 51.4 Å². The normalized spacial score (nSPS) is 11.5. The quantitative estimate of drug-likeness (QED) is 0.0695. The molecule has 0 fully saturated rings. The van der Waals surface area contributed by atoms with Gasteiger partial charge in [-0.3, -0.25) is 0 Å². The van der Waals surface area contributed by atoms with Crippen molar-refractivity contribution < 1.29 is 15.7 Å². The predicted molar refractivity (Wildman–Crippen MR) is 159 cm³/mol. The molecule has 0 aliphatic heterocycles. The monoisotopic (exact) mass is 640 g/mol. The van der Waals surface area contributed by atoms with Gasteiger partial charge in [0.2, 0.25) is 0 Å². The average molecular weight is 640 g/mol. The molecular weight excluding hydrogens is 583 g/mol. The van der Waals surface area contributed by atoms with E-state index in [1.54, 1.807) is 23.5 Å². The number of hydrogen-bond acceptors (Lipinski definition) is 6. The molecule has 0 saturated carbocycles. The molecule has 0 radical (unpaired) electrons. The molecule has 0 amide bonds. The molecule has 0 spiro atoms. The Morgan fingerprint density at radius 3 is 1.23 bits per heavy atom. The van der Waals surface area contributed by atoms with Gasteiger partial charge < -0.3 is 0 Å². The minimum absolute atomic E-state index is 0.148. The van der Waals surface area contributed by atoms with Gasteiger partial charge in [-0.05, 0) is 0 Å². The van der Waals surface area contributed by atoms with Crippen molar-refractivity contribution in [3.05, 3.63) is 0 Å². The Labute approximate surface area is 231 Å². The van der Waals surface area contributed by atoms with Crippen molar-refractivity contribution >= 4 is 54.7 Å². The van der Waals surface area contributed by atoms with Crippen LogP contribution in [0, 0.1) is 0 Å². The van der Waals surface area contributed by atoms with Crippen LogP contribution in [0.15, 0.2) is 0 Å². The van der Waals surface area contributed by atoms with E-state index in [1.807, 2.05) is 0 Å². The van der Waals surface area contributed by atoms with Crippen molar-refractivity contribution in [1.82, 2.24) is 0 Å². The first-order valence-electron chi connectivity index (χ1n) is 14.6. The molecule has 0 N–H and O–H groups in total. The number of rotatable bonds is 26. The van der Waals surface area contributed by atoms with Crippen LogP contribution in [0.1, 0.15) is 130 Å². The van der Waals surface area contributed by atoms with Gasteiger partial charge in [-0.25, -0.2) is 0 Å². The summed E-state index contributed by atoms with van der Waals surface area (Å²) in [7, 11) is 0. The fourth-order valence-corrected chi connectivity index (χ4v) is 15.6. The first-order chi connectivity index (χ1) is 17.0. The summed E-state index contributed by atoms with van der Waals surface area (Å²) in [5.74, 6) is 2.44. The van der Waals surface area contributed by atoms with E-state index >= 15 is 0 Å². The molecule has 208 valence electrons. The van der Waals surface area contributed by atoms with E-state index in [0.717, 1.165) is 71.7 Å². The van der Waals surface area contributed by atoms with Crippen molar-refractivity contribution in [3.8, 4) is 0 Å². The maximum atomic E-state index is 12.9. The standard InChI is InChI=1S/2C8H17.2C6H12O2S.Sn/c2*1-3-5-7-8-6-4-2;2*1-2-3-4-9-5-6(7)8;/h2*1,3-8H2,2H3;2*2-5H2,1H3,(H,7,8);/q;;;;+2/p-2. The number of unbranched alkanes of at least 4 members (excludes halogenated alkanes) is 12. The number of carbonyl (C=O) groups excluding carboxylic acids is 2. The minimum atomic E-state index is -3.86. The van der Waals surface area contributed by atoms with Crippen LogP contribution in [0.5, 0.6) is 0 Å². The van der Waals surface area contributed by atoms with Crippen LogP contribution < -0.4 is 0 Å². The molecule has 0 bridgehead atoms. The molecule has 0 saturated heterocycles. The Morgan fingerprint density at radius 2 is 0.857 bits per heavy atom. The molecule has 0 heterocycles. The fourth-order valence-electron chi connectivity index (χ4n) is 3.98. The summed E-state index contributed by atoms with van der Waals surface area (Å²) < 4.78 is 14.2. The molecule has 35 heavy (non-hydrogen) atoms. The summed E-state index contributed by atoms with van der Waals surface area (Å²) in [5.41, 5.74) is 0. The zero-order valence-corrected chi connectivity index (χ0v) is 28.0. The van der Waals surface area contributed by atoms with Gasteiger partial charge >= 0.3 is 233 Å². The van der Waals surface area contributed by atoms with E-state index in [4.69, 9.17) is 6.15 Å². The summed E-state index contributed by atoms with van der Waals surface area (Å²) in [6.45, 7) is 8.80. The Morgan fingerprint density at radius 1 is 0.514 bits per heavy atom. The first-order valence-corrected chi connectivity index (χ1v) is 23.3. The molecule has 4 nitrogen and oxygen atoms in total. The van der Waals surface area contributed by atoms with Crippen molar-refractivity contribution in [2.45, 2.75) is 139 Å². The molecular formula is C28H56O4S2Sn. The molecule has 0 aliphatic rings. The van der Waals surface area contributed by atoms with Gasteiger partial charge in [0.05, 0.1) is 0 Å². The van der Waals surface area contributed by atoms with Crippen molar-refractivity contribution in [1.29, 1.82) is 0 Å². The second kappa shape index (κ2) is 26.1. The van der Waals surface area contributed by atoms with Crippen LogP contribution in [-0.4, -0.2) is 54.2 Å². The van der Waals surface area contributed by atoms with E-state index < -0.39 is 19.2 Å². The third-order valence-corrected chi connectivity index (χ3v) is 18.0. The third-order valence-electron chi connectivity index (χ3n) is 6.15. The van der Waals surface area contributed by atoms with Crippen molar-refractivity contribution in [3.63, 3.8) is 0 Å². The van der Waals surface area contributed by atoms with Gasteiger partial charge in [-0.2, -0.15) is 0 Å². The fraction of sp³-hybridized carbons (Fsp3) is 0.929. The summed E-state index contributed by atoms with van der Waals surface area (Å²) in [6.07, 6.45) is 18.8. The predicted octanol–water partition coefficient (Wildman–Crippen LogP) is 9.30. The Kier molecular flexibility index (Phi) is 26.4. The molecule has 7 heteroatoms. The first kappa shape index (κ1) is 35.4. The summed E-state index contributed by atoms with van der Waals surface area (Å²) in [5, 5.41) is 0. The average Bonchev–Trinajstić information content (AvgIpc) is 2.84. The second-order valence-electron chi connectivity index (χ2n) is 9.71. The second-order valence-corrected chi connectivity index (χ2v) is 21.1. The van der Waals surface area contributed by atoms with Gasteiger partial charge in [0, 0.05) is 0 Å². The zero-order chi connectivity index (χ0) is 26.0. The Balaban J connectivity index is 5.17. The zero-order valence-electron chi connectivity index (χ0n) is 23.5. The molecule has 0 rings (SSSR count). The summed E-state index contributed by atoms with van der Waals surface area (Å²) in [6, 6.07) is 0. The van der Waals surface area contributed by atoms with Gasteiger partial charge in [0.1, 0.15) is 0 Å². The summed E-state index contributed by atoms with van der Waals surface area (Å²) in [4.78, 5) is 25.7. The van der Waals surface area contributed by atoms with Gasteiger partial charge in [-0.15, -0.1) is 0 Å². The van der Waals surface area contributed by atoms with Crippen LogP contribution in [0.25, 0.3) is 0 Å². The van der Waals surface area contributed by atoms with Gasteiger partial charge in [0.25, 0.3) is 0 Å². The van der Waals surface area contributed by atoms with E-state index in [9.17, 15) is 9.59 Å². The number of thioether (sulfide) groups is 2. The Hall–Kier alpha value is 0.439. The van der Waals surface area contributed by atoms with E-state index in [0.29, 0.717) is 11.5 Å². The van der Waals surface area contributed by atoms with Crippen LogP contribution in [0.4, 0.5) is 0 Å². The van der Waals surface area contributed by atoms with Crippen molar-refractivity contribution in [2.24, 2.45) is 0 Å².